The first-order chi connectivity index (χ1) is 9.36. The summed E-state index contributed by atoms with van der Waals surface area (Å²) in [6.45, 7) is 2.13. The number of thioether (sulfide) groups is 1. The van der Waals surface area contributed by atoms with Crippen LogP contribution in [0.5, 0.6) is 0 Å². The number of hydrogen-bond donors (Lipinski definition) is 0. The van der Waals surface area contributed by atoms with E-state index in [0.29, 0.717) is 0 Å². The molecule has 5 heteroatoms. The summed E-state index contributed by atoms with van der Waals surface area (Å²) in [4.78, 5) is 1.08. The third-order valence-corrected chi connectivity index (χ3v) is 3.66. The molecular formula is C14H14N4S. The van der Waals surface area contributed by atoms with Crippen molar-refractivity contribution in [3.63, 3.8) is 0 Å². The van der Waals surface area contributed by atoms with Gasteiger partial charge in [0.15, 0.2) is 5.82 Å². The van der Waals surface area contributed by atoms with E-state index in [1.807, 2.05) is 29.1 Å². The minimum atomic E-state index is 0.841. The Morgan fingerprint density at radius 3 is 2.84 bits per heavy atom. The van der Waals surface area contributed by atoms with Gasteiger partial charge in [0.25, 0.3) is 0 Å². The number of fused-ring (bicyclic) bond motifs is 1. The molecule has 0 radical (unpaired) electrons. The number of hydrogen-bond acceptors (Lipinski definition) is 4. The SMILES string of the molecule is CCCc1nnc2n1N=C/C(=C/c1ccccc1)S2. The Morgan fingerprint density at radius 1 is 1.21 bits per heavy atom. The van der Waals surface area contributed by atoms with Gasteiger partial charge in [-0.25, -0.2) is 0 Å². The van der Waals surface area contributed by atoms with Crippen molar-refractivity contribution in [3.8, 4) is 0 Å². The lowest BCUT2D eigenvalue weighted by atomic mass is 10.2. The van der Waals surface area contributed by atoms with Gasteiger partial charge in [-0.1, -0.05) is 37.3 Å². The van der Waals surface area contributed by atoms with E-state index in [-0.39, 0.29) is 0 Å². The van der Waals surface area contributed by atoms with Crippen LogP contribution in [-0.2, 0) is 6.42 Å². The van der Waals surface area contributed by atoms with Gasteiger partial charge in [-0.05, 0) is 29.8 Å². The first kappa shape index (κ1) is 12.2. The minimum absolute atomic E-state index is 0.841. The molecule has 2 aromatic rings. The molecule has 0 saturated carbocycles. The fourth-order valence-corrected chi connectivity index (χ4v) is 2.71. The topological polar surface area (TPSA) is 43.1 Å². The Labute approximate surface area is 116 Å². The predicted molar refractivity (Wildman–Crippen MR) is 78.2 cm³/mol. The van der Waals surface area contributed by atoms with Crippen LogP contribution in [0.3, 0.4) is 0 Å². The first-order valence-corrected chi connectivity index (χ1v) is 7.11. The van der Waals surface area contributed by atoms with Gasteiger partial charge in [0.2, 0.25) is 5.16 Å². The lowest BCUT2D eigenvalue weighted by Gasteiger charge is -2.09. The smallest absolute Gasteiger partial charge is 0.191 e. The van der Waals surface area contributed by atoms with Crippen molar-refractivity contribution in [1.82, 2.24) is 14.9 Å². The maximum Gasteiger partial charge on any atom is 0.216 e. The third-order valence-electron chi connectivity index (χ3n) is 2.77. The molecule has 4 nitrogen and oxygen atoms in total. The summed E-state index contributed by atoms with van der Waals surface area (Å²) in [5.74, 6) is 0.931. The number of benzene rings is 1. The van der Waals surface area contributed by atoms with E-state index in [1.165, 1.54) is 0 Å². The largest absolute Gasteiger partial charge is 0.216 e. The Bertz CT molecular complexity index is 628. The van der Waals surface area contributed by atoms with Crippen molar-refractivity contribution in [2.24, 2.45) is 5.10 Å². The van der Waals surface area contributed by atoms with E-state index in [1.54, 1.807) is 11.8 Å². The van der Waals surface area contributed by atoms with Crippen LogP contribution < -0.4 is 0 Å². The summed E-state index contributed by atoms with van der Waals surface area (Å²) in [7, 11) is 0. The van der Waals surface area contributed by atoms with Crippen LogP contribution in [0.1, 0.15) is 24.7 Å². The monoisotopic (exact) mass is 270 g/mol. The Morgan fingerprint density at radius 2 is 2.05 bits per heavy atom. The number of aromatic nitrogens is 3. The summed E-state index contributed by atoms with van der Waals surface area (Å²) in [6.07, 6.45) is 5.92. The summed E-state index contributed by atoms with van der Waals surface area (Å²) in [5.41, 5.74) is 1.16. The van der Waals surface area contributed by atoms with E-state index in [0.717, 1.165) is 34.3 Å². The summed E-state index contributed by atoms with van der Waals surface area (Å²) < 4.78 is 1.83. The number of allylic oxidation sites excluding steroid dienone is 1. The Hall–Kier alpha value is -1.88. The van der Waals surface area contributed by atoms with Gasteiger partial charge in [-0.3, -0.25) is 0 Å². The van der Waals surface area contributed by atoms with Crippen molar-refractivity contribution in [3.05, 3.63) is 46.6 Å². The van der Waals surface area contributed by atoms with Crippen LogP contribution in [0.4, 0.5) is 0 Å². The third kappa shape index (κ3) is 2.61. The number of aryl methyl sites for hydroxylation is 1. The highest BCUT2D eigenvalue weighted by Gasteiger charge is 2.16. The van der Waals surface area contributed by atoms with Gasteiger partial charge in [0.05, 0.1) is 6.21 Å². The molecule has 0 unspecified atom stereocenters. The van der Waals surface area contributed by atoms with E-state index < -0.39 is 0 Å². The molecule has 0 aliphatic carbocycles. The second kappa shape index (κ2) is 5.40. The summed E-state index contributed by atoms with van der Waals surface area (Å²) in [6, 6.07) is 10.2. The molecule has 3 rings (SSSR count). The van der Waals surface area contributed by atoms with Crippen molar-refractivity contribution in [2.45, 2.75) is 24.9 Å². The fraction of sp³-hybridized carbons (Fsp3) is 0.214. The molecule has 0 bridgehead atoms. The van der Waals surface area contributed by atoms with Crippen LogP contribution in [0.15, 0.2) is 45.5 Å². The molecule has 1 aromatic heterocycles. The number of rotatable bonds is 3. The van der Waals surface area contributed by atoms with Gasteiger partial charge in [0.1, 0.15) is 0 Å². The second-order valence-corrected chi connectivity index (χ2v) is 5.31. The zero-order valence-electron chi connectivity index (χ0n) is 10.7. The minimum Gasteiger partial charge on any atom is -0.191 e. The van der Waals surface area contributed by atoms with Gasteiger partial charge >= 0.3 is 0 Å². The zero-order valence-corrected chi connectivity index (χ0v) is 11.5. The van der Waals surface area contributed by atoms with Crippen LogP contribution in [0.25, 0.3) is 6.08 Å². The molecule has 19 heavy (non-hydrogen) atoms. The molecule has 1 aliphatic rings. The molecular weight excluding hydrogens is 256 g/mol. The standard InChI is InChI=1S/C14H14N4S/c1-2-6-13-16-17-14-18(13)15-10-12(19-14)9-11-7-4-3-5-8-11/h3-5,7-10H,2,6H2,1H3/b12-9-. The molecule has 0 N–H and O–H groups in total. The van der Waals surface area contributed by atoms with Crippen LogP contribution >= 0.6 is 11.8 Å². The van der Waals surface area contributed by atoms with Gasteiger partial charge in [0, 0.05) is 11.3 Å². The molecule has 0 amide bonds. The quantitative estimate of drug-likeness (QED) is 0.860. The van der Waals surface area contributed by atoms with Crippen LogP contribution in [0, 0.1) is 0 Å². The lowest BCUT2D eigenvalue weighted by molar-refractivity contribution is 0.698. The van der Waals surface area contributed by atoms with E-state index in [2.05, 4.69) is 40.4 Å². The maximum atomic E-state index is 4.43. The normalized spacial score (nSPS) is 15.7. The molecule has 2 heterocycles. The van der Waals surface area contributed by atoms with Gasteiger partial charge < -0.3 is 0 Å². The number of nitrogens with zero attached hydrogens (tertiary/aromatic N) is 4. The average Bonchev–Trinajstić information content (AvgIpc) is 2.83. The highest BCUT2D eigenvalue weighted by atomic mass is 32.2. The van der Waals surface area contributed by atoms with Crippen LogP contribution in [0.2, 0.25) is 0 Å². The zero-order chi connectivity index (χ0) is 13.1. The first-order valence-electron chi connectivity index (χ1n) is 6.30. The van der Waals surface area contributed by atoms with Crippen molar-refractivity contribution >= 4 is 24.1 Å². The molecule has 1 aliphatic heterocycles. The maximum absolute atomic E-state index is 4.43. The predicted octanol–water partition coefficient (Wildman–Crippen LogP) is 3.21. The average molecular weight is 270 g/mol. The molecule has 1 aromatic carbocycles. The second-order valence-electron chi connectivity index (χ2n) is 4.26. The molecule has 96 valence electrons. The Kier molecular flexibility index (Phi) is 3.46. The molecule has 0 spiro atoms. The van der Waals surface area contributed by atoms with Crippen LogP contribution in [-0.4, -0.2) is 21.1 Å². The molecule has 0 fully saturated rings. The lowest BCUT2D eigenvalue weighted by Crippen LogP contribution is -2.03. The van der Waals surface area contributed by atoms with Crippen molar-refractivity contribution < 1.29 is 0 Å². The van der Waals surface area contributed by atoms with Gasteiger partial charge in [-0.2, -0.15) is 9.78 Å². The van der Waals surface area contributed by atoms with Crippen molar-refractivity contribution in [2.75, 3.05) is 0 Å². The van der Waals surface area contributed by atoms with Crippen molar-refractivity contribution in [1.29, 1.82) is 0 Å². The fourth-order valence-electron chi connectivity index (χ4n) is 1.88. The highest BCUT2D eigenvalue weighted by Crippen LogP contribution is 2.29. The highest BCUT2D eigenvalue weighted by molar-refractivity contribution is 8.04. The summed E-state index contributed by atoms with van der Waals surface area (Å²) >= 11 is 1.60. The Balaban J connectivity index is 1.86. The van der Waals surface area contributed by atoms with E-state index >= 15 is 0 Å². The van der Waals surface area contributed by atoms with E-state index in [9.17, 15) is 0 Å². The van der Waals surface area contributed by atoms with E-state index in [4.69, 9.17) is 0 Å². The van der Waals surface area contributed by atoms with Gasteiger partial charge in [-0.15, -0.1) is 10.2 Å². The molecule has 0 saturated heterocycles. The summed E-state index contributed by atoms with van der Waals surface area (Å²) in [5, 5.41) is 13.6. The molecule has 0 atom stereocenters.